The van der Waals surface area contributed by atoms with Crippen molar-refractivity contribution >= 4 is 11.5 Å². The summed E-state index contributed by atoms with van der Waals surface area (Å²) in [7, 11) is 0. The fraction of sp³-hybridized carbons (Fsp3) is 0.600. The minimum atomic E-state index is -0.244. The molecule has 1 heterocycles. The average molecular weight is 224 g/mol. The van der Waals surface area contributed by atoms with Gasteiger partial charge in [-0.3, -0.25) is 0 Å². The number of hydrogen-bond donors (Lipinski definition) is 3. The number of nitrogens with zero attached hydrogens (tertiary/aromatic N) is 2. The van der Waals surface area contributed by atoms with Crippen LogP contribution in [0, 0.1) is 0 Å². The van der Waals surface area contributed by atoms with E-state index in [0.717, 1.165) is 12.8 Å². The SMILES string of the molecule is CCOc1ncnc(NC2(CO)CC2)c1N. The van der Waals surface area contributed by atoms with Crippen molar-refractivity contribution in [2.75, 3.05) is 24.3 Å². The molecule has 1 aliphatic rings. The maximum Gasteiger partial charge on any atom is 0.242 e. The highest BCUT2D eigenvalue weighted by molar-refractivity contribution is 5.67. The van der Waals surface area contributed by atoms with E-state index in [2.05, 4.69) is 15.3 Å². The molecule has 0 aromatic carbocycles. The van der Waals surface area contributed by atoms with E-state index >= 15 is 0 Å². The molecular formula is C10H16N4O2. The molecule has 16 heavy (non-hydrogen) atoms. The second-order valence-corrected chi connectivity index (χ2v) is 3.94. The molecule has 1 aromatic heterocycles. The Morgan fingerprint density at radius 1 is 1.56 bits per heavy atom. The topological polar surface area (TPSA) is 93.3 Å². The molecule has 1 aromatic rings. The number of nitrogens with one attached hydrogen (secondary N) is 1. The van der Waals surface area contributed by atoms with Gasteiger partial charge in [0.2, 0.25) is 5.88 Å². The Morgan fingerprint density at radius 3 is 2.88 bits per heavy atom. The lowest BCUT2D eigenvalue weighted by Crippen LogP contribution is -2.27. The Kier molecular flexibility index (Phi) is 2.82. The van der Waals surface area contributed by atoms with Crippen LogP contribution in [-0.4, -0.2) is 33.8 Å². The first-order valence-corrected chi connectivity index (χ1v) is 5.33. The number of aliphatic hydroxyl groups excluding tert-OH is 1. The highest BCUT2D eigenvalue weighted by atomic mass is 16.5. The Balaban J connectivity index is 2.17. The molecule has 0 aliphatic heterocycles. The minimum Gasteiger partial charge on any atom is -0.476 e. The quantitative estimate of drug-likeness (QED) is 0.670. The van der Waals surface area contributed by atoms with Crippen LogP contribution in [0.2, 0.25) is 0 Å². The molecule has 6 heteroatoms. The third kappa shape index (κ3) is 2.01. The van der Waals surface area contributed by atoms with E-state index in [9.17, 15) is 5.11 Å². The summed E-state index contributed by atoms with van der Waals surface area (Å²) < 4.78 is 5.27. The Hall–Kier alpha value is -1.56. The Morgan fingerprint density at radius 2 is 2.31 bits per heavy atom. The van der Waals surface area contributed by atoms with Crippen molar-refractivity contribution in [3.05, 3.63) is 6.33 Å². The molecule has 0 atom stereocenters. The molecule has 6 nitrogen and oxygen atoms in total. The van der Waals surface area contributed by atoms with Crippen LogP contribution < -0.4 is 15.8 Å². The monoisotopic (exact) mass is 224 g/mol. The Labute approximate surface area is 93.9 Å². The normalized spacial score (nSPS) is 16.9. The van der Waals surface area contributed by atoms with Crippen molar-refractivity contribution in [1.82, 2.24) is 9.97 Å². The van der Waals surface area contributed by atoms with Gasteiger partial charge in [-0.2, -0.15) is 4.98 Å². The molecule has 1 aliphatic carbocycles. The third-order valence-corrected chi connectivity index (χ3v) is 2.67. The molecule has 2 rings (SSSR count). The largest absolute Gasteiger partial charge is 0.476 e. The summed E-state index contributed by atoms with van der Waals surface area (Å²) >= 11 is 0. The molecule has 1 fully saturated rings. The third-order valence-electron chi connectivity index (χ3n) is 2.67. The van der Waals surface area contributed by atoms with E-state index in [0.29, 0.717) is 24.0 Å². The summed E-state index contributed by atoms with van der Waals surface area (Å²) in [6, 6.07) is 0. The van der Waals surface area contributed by atoms with Gasteiger partial charge in [0.15, 0.2) is 5.82 Å². The molecule has 0 saturated heterocycles. The van der Waals surface area contributed by atoms with Crippen LogP contribution in [0.15, 0.2) is 6.33 Å². The van der Waals surface area contributed by atoms with Crippen LogP contribution in [0.3, 0.4) is 0 Å². The van der Waals surface area contributed by atoms with Gasteiger partial charge in [-0.15, -0.1) is 0 Å². The zero-order chi connectivity index (χ0) is 11.6. The fourth-order valence-corrected chi connectivity index (χ4v) is 1.46. The van der Waals surface area contributed by atoms with Gasteiger partial charge < -0.3 is 20.9 Å². The molecule has 4 N–H and O–H groups in total. The maximum absolute atomic E-state index is 9.20. The lowest BCUT2D eigenvalue weighted by Gasteiger charge is -2.17. The number of hydrogen-bond acceptors (Lipinski definition) is 6. The predicted molar refractivity (Wildman–Crippen MR) is 60.3 cm³/mol. The Bertz CT molecular complexity index is 379. The molecule has 0 spiro atoms. The predicted octanol–water partition coefficient (Wildman–Crippen LogP) is 0.394. The fourth-order valence-electron chi connectivity index (χ4n) is 1.46. The maximum atomic E-state index is 9.20. The van der Waals surface area contributed by atoms with E-state index in [-0.39, 0.29) is 12.1 Å². The van der Waals surface area contributed by atoms with Gasteiger partial charge in [0.25, 0.3) is 0 Å². The van der Waals surface area contributed by atoms with Gasteiger partial charge in [-0.05, 0) is 19.8 Å². The number of rotatable bonds is 5. The summed E-state index contributed by atoms with van der Waals surface area (Å²) in [6.07, 6.45) is 3.25. The van der Waals surface area contributed by atoms with E-state index in [1.807, 2.05) is 6.92 Å². The zero-order valence-electron chi connectivity index (χ0n) is 9.23. The highest BCUT2D eigenvalue weighted by Crippen LogP contribution is 2.39. The van der Waals surface area contributed by atoms with Crippen molar-refractivity contribution in [1.29, 1.82) is 0 Å². The number of ether oxygens (including phenoxy) is 1. The summed E-state index contributed by atoms with van der Waals surface area (Å²) in [5.41, 5.74) is 6.01. The minimum absolute atomic E-state index is 0.0837. The number of nitrogens with two attached hydrogens (primary N) is 1. The first-order valence-electron chi connectivity index (χ1n) is 5.33. The first kappa shape index (κ1) is 10.9. The number of anilines is 2. The van der Waals surface area contributed by atoms with Gasteiger partial charge in [0, 0.05) is 0 Å². The van der Waals surface area contributed by atoms with Crippen LogP contribution in [0.25, 0.3) is 0 Å². The van der Waals surface area contributed by atoms with Crippen molar-refractivity contribution in [3.8, 4) is 5.88 Å². The van der Waals surface area contributed by atoms with E-state index in [1.165, 1.54) is 6.33 Å². The van der Waals surface area contributed by atoms with Gasteiger partial charge >= 0.3 is 0 Å². The molecule has 0 radical (unpaired) electrons. The van der Waals surface area contributed by atoms with Gasteiger partial charge in [0.05, 0.1) is 18.8 Å². The van der Waals surface area contributed by atoms with Crippen molar-refractivity contribution in [3.63, 3.8) is 0 Å². The smallest absolute Gasteiger partial charge is 0.242 e. The van der Waals surface area contributed by atoms with Gasteiger partial charge in [0.1, 0.15) is 12.0 Å². The average Bonchev–Trinajstić information content (AvgIpc) is 3.05. The second-order valence-electron chi connectivity index (χ2n) is 3.94. The summed E-state index contributed by atoms with van der Waals surface area (Å²) in [5, 5.41) is 12.3. The van der Waals surface area contributed by atoms with Crippen molar-refractivity contribution < 1.29 is 9.84 Å². The lowest BCUT2D eigenvalue weighted by molar-refractivity contribution is 0.266. The van der Waals surface area contributed by atoms with E-state index < -0.39 is 0 Å². The number of aliphatic hydroxyl groups is 1. The lowest BCUT2D eigenvalue weighted by atomic mass is 10.3. The van der Waals surface area contributed by atoms with E-state index in [4.69, 9.17) is 10.5 Å². The van der Waals surface area contributed by atoms with Crippen LogP contribution in [0.1, 0.15) is 19.8 Å². The molecular weight excluding hydrogens is 208 g/mol. The molecule has 0 bridgehead atoms. The highest BCUT2D eigenvalue weighted by Gasteiger charge is 2.42. The van der Waals surface area contributed by atoms with Crippen LogP contribution in [0.5, 0.6) is 5.88 Å². The number of nitrogen functional groups attached to an aromatic ring is 1. The standard InChI is InChI=1S/C10H16N4O2/c1-2-16-9-7(11)8(12-6-13-9)14-10(5-15)3-4-10/h6,15H,2-5,11H2,1H3,(H,12,13,14). The molecule has 1 saturated carbocycles. The van der Waals surface area contributed by atoms with Crippen LogP contribution in [0.4, 0.5) is 11.5 Å². The van der Waals surface area contributed by atoms with Crippen LogP contribution in [-0.2, 0) is 0 Å². The first-order chi connectivity index (χ1) is 7.71. The van der Waals surface area contributed by atoms with E-state index in [1.54, 1.807) is 0 Å². The summed E-state index contributed by atoms with van der Waals surface area (Å²) in [6.45, 7) is 2.46. The van der Waals surface area contributed by atoms with Crippen molar-refractivity contribution in [2.45, 2.75) is 25.3 Å². The molecule has 88 valence electrons. The molecule has 0 unspecified atom stereocenters. The van der Waals surface area contributed by atoms with Crippen LogP contribution >= 0.6 is 0 Å². The second kappa shape index (κ2) is 4.13. The summed E-state index contributed by atoms with van der Waals surface area (Å²) in [5.74, 6) is 0.915. The van der Waals surface area contributed by atoms with Gasteiger partial charge in [-0.1, -0.05) is 0 Å². The molecule has 0 amide bonds. The van der Waals surface area contributed by atoms with Crippen molar-refractivity contribution in [2.24, 2.45) is 0 Å². The van der Waals surface area contributed by atoms with Gasteiger partial charge in [-0.25, -0.2) is 4.98 Å². The summed E-state index contributed by atoms with van der Waals surface area (Å²) in [4.78, 5) is 8.00. The zero-order valence-corrected chi connectivity index (χ0v) is 9.23. The number of aromatic nitrogens is 2.